The first-order chi connectivity index (χ1) is 14.5. The molecule has 1 spiro atoms. The lowest BCUT2D eigenvalue weighted by atomic mass is 9.68. The zero-order valence-electron chi connectivity index (χ0n) is 19.6. The van der Waals surface area contributed by atoms with Gasteiger partial charge in [0.15, 0.2) is 8.32 Å². The fourth-order valence-electron chi connectivity index (χ4n) is 5.37. The summed E-state index contributed by atoms with van der Waals surface area (Å²) >= 11 is 0. The number of likely N-dealkylation sites (tertiary alicyclic amines) is 1. The zero-order chi connectivity index (χ0) is 22.8. The Balaban J connectivity index is 1.91. The van der Waals surface area contributed by atoms with Gasteiger partial charge in [0.1, 0.15) is 0 Å². The second-order valence-electron chi connectivity index (χ2n) is 10.5. The highest BCUT2D eigenvalue weighted by atomic mass is 28.4. The molecule has 0 aromatic heterocycles. The molecule has 3 aliphatic rings. The molecule has 0 N–H and O–H groups in total. The molecule has 1 fully saturated rings. The predicted octanol–water partition coefficient (Wildman–Crippen LogP) is 4.76. The number of hydrogen-bond acceptors (Lipinski definition) is 3. The first-order valence-corrected chi connectivity index (χ1v) is 14.1. The summed E-state index contributed by atoms with van der Waals surface area (Å²) in [6.45, 7) is 17.2. The highest BCUT2D eigenvalue weighted by molar-refractivity contribution is 6.74. The van der Waals surface area contributed by atoms with Gasteiger partial charge in [0, 0.05) is 31.3 Å². The summed E-state index contributed by atoms with van der Waals surface area (Å²) in [5, 5.41) is 0.0526. The normalized spacial score (nSPS) is 27.5. The number of amides is 2. The summed E-state index contributed by atoms with van der Waals surface area (Å²) < 4.78 is 6.95. The van der Waals surface area contributed by atoms with Gasteiger partial charge in [-0.2, -0.15) is 0 Å². The van der Waals surface area contributed by atoms with Gasteiger partial charge < -0.3 is 14.2 Å². The number of nitrogens with zero attached hydrogens (tertiary/aromatic N) is 2. The van der Waals surface area contributed by atoms with Crippen molar-refractivity contribution in [1.29, 1.82) is 0 Å². The number of rotatable bonds is 4. The zero-order valence-corrected chi connectivity index (χ0v) is 20.6. The summed E-state index contributed by atoms with van der Waals surface area (Å²) in [4.78, 5) is 30.0. The second kappa shape index (κ2) is 7.17. The van der Waals surface area contributed by atoms with Gasteiger partial charge >= 0.3 is 0 Å². The minimum atomic E-state index is -2.10. The van der Waals surface area contributed by atoms with Crippen LogP contribution in [0.1, 0.15) is 46.1 Å². The molecule has 2 aliphatic heterocycles. The maximum Gasteiger partial charge on any atom is 0.228 e. The fraction of sp³-hybridized carbons (Fsp3) is 0.520. The van der Waals surface area contributed by atoms with Crippen LogP contribution in [-0.4, -0.2) is 43.7 Å². The van der Waals surface area contributed by atoms with Crippen molar-refractivity contribution in [3.63, 3.8) is 0 Å². The lowest BCUT2D eigenvalue weighted by Gasteiger charge is -2.48. The molecule has 4 rings (SSSR count). The predicted molar refractivity (Wildman–Crippen MR) is 126 cm³/mol. The number of fused-ring (bicyclic) bond motifs is 1. The summed E-state index contributed by atoms with van der Waals surface area (Å²) in [6, 6.07) is 7.83. The van der Waals surface area contributed by atoms with Crippen molar-refractivity contribution in [3.05, 3.63) is 54.3 Å². The van der Waals surface area contributed by atoms with Gasteiger partial charge in [0.25, 0.3) is 0 Å². The SMILES string of the molecule is C=CCN1C(=O)C[C@@]23C1=CC[C@@H](O[Si](C)(C)C(C)(C)C)[C@@H]2N(C(C)=O)c1ccccc13. The third-order valence-corrected chi connectivity index (χ3v) is 12.2. The van der Waals surface area contributed by atoms with Crippen LogP contribution < -0.4 is 4.90 Å². The number of hydrogen-bond donors (Lipinski definition) is 0. The van der Waals surface area contributed by atoms with Crippen LogP contribution in [0.5, 0.6) is 0 Å². The quantitative estimate of drug-likeness (QED) is 0.503. The number of para-hydroxylation sites is 1. The van der Waals surface area contributed by atoms with E-state index in [4.69, 9.17) is 4.43 Å². The van der Waals surface area contributed by atoms with Crippen LogP contribution in [0.4, 0.5) is 5.69 Å². The molecule has 3 atom stereocenters. The Morgan fingerprint density at radius 3 is 2.61 bits per heavy atom. The molecule has 0 unspecified atom stereocenters. The molecule has 6 heteroatoms. The van der Waals surface area contributed by atoms with E-state index < -0.39 is 13.7 Å². The van der Waals surface area contributed by atoms with E-state index in [0.717, 1.165) is 16.9 Å². The van der Waals surface area contributed by atoms with E-state index in [-0.39, 0.29) is 29.0 Å². The highest BCUT2D eigenvalue weighted by Crippen LogP contribution is 2.59. The molecule has 1 aromatic rings. The maximum absolute atomic E-state index is 13.2. The van der Waals surface area contributed by atoms with Gasteiger partial charge in [0.05, 0.1) is 17.6 Å². The smallest absolute Gasteiger partial charge is 0.228 e. The second-order valence-corrected chi connectivity index (χ2v) is 15.3. The van der Waals surface area contributed by atoms with Crippen molar-refractivity contribution in [2.75, 3.05) is 11.4 Å². The Morgan fingerprint density at radius 2 is 2.00 bits per heavy atom. The molecule has 2 heterocycles. The molecular weight excluding hydrogens is 404 g/mol. The van der Waals surface area contributed by atoms with Gasteiger partial charge in [-0.1, -0.05) is 51.1 Å². The van der Waals surface area contributed by atoms with Crippen molar-refractivity contribution in [1.82, 2.24) is 4.90 Å². The summed E-state index contributed by atoms with van der Waals surface area (Å²) in [7, 11) is -2.10. The Bertz CT molecular complexity index is 977. The number of benzene rings is 1. The van der Waals surface area contributed by atoms with Crippen molar-refractivity contribution >= 4 is 25.8 Å². The summed E-state index contributed by atoms with van der Waals surface area (Å²) in [5.41, 5.74) is 2.41. The fourth-order valence-corrected chi connectivity index (χ4v) is 6.71. The average molecular weight is 439 g/mol. The lowest BCUT2D eigenvalue weighted by molar-refractivity contribution is -0.126. The van der Waals surface area contributed by atoms with Crippen LogP contribution in [0.2, 0.25) is 18.1 Å². The standard InChI is InChI=1S/C25H34N2O3Si/c1-8-15-26-21-14-13-20(30-31(6,7)24(3,4)5)23-25(21,16-22(26)29)18-11-9-10-12-19(18)27(23)17(2)28/h8-12,14,20,23H,1,13,15-16H2,2-7H3/t20-,23+,25-/m1/s1. The van der Waals surface area contributed by atoms with Crippen molar-refractivity contribution in [3.8, 4) is 0 Å². The molecule has 0 radical (unpaired) electrons. The van der Waals surface area contributed by atoms with Crippen molar-refractivity contribution in [2.24, 2.45) is 0 Å². The van der Waals surface area contributed by atoms with E-state index in [9.17, 15) is 9.59 Å². The molecule has 2 amide bonds. The van der Waals surface area contributed by atoms with Gasteiger partial charge in [-0.15, -0.1) is 6.58 Å². The summed E-state index contributed by atoms with van der Waals surface area (Å²) in [6.07, 6.45) is 4.84. The number of anilines is 1. The molecular formula is C25H34N2O3Si. The lowest BCUT2D eigenvalue weighted by Crippen LogP contribution is -2.59. The molecule has 1 saturated heterocycles. The van der Waals surface area contributed by atoms with Gasteiger partial charge in [-0.25, -0.2) is 0 Å². The molecule has 1 aromatic carbocycles. The minimum absolute atomic E-state index is 0.00553. The van der Waals surface area contributed by atoms with Crippen LogP contribution in [0.25, 0.3) is 0 Å². The van der Waals surface area contributed by atoms with Crippen molar-refractivity contribution in [2.45, 2.75) is 76.2 Å². The molecule has 5 nitrogen and oxygen atoms in total. The van der Waals surface area contributed by atoms with Gasteiger partial charge in [0.2, 0.25) is 11.8 Å². The monoisotopic (exact) mass is 438 g/mol. The van der Waals surface area contributed by atoms with Crippen LogP contribution in [0, 0.1) is 0 Å². The van der Waals surface area contributed by atoms with E-state index in [0.29, 0.717) is 19.4 Å². The topological polar surface area (TPSA) is 49.9 Å². The first kappa shape index (κ1) is 22.0. The van der Waals surface area contributed by atoms with E-state index >= 15 is 0 Å². The Kier molecular flexibility index (Phi) is 5.10. The number of carbonyl (C=O) groups excluding carboxylic acids is 2. The largest absolute Gasteiger partial charge is 0.411 e. The first-order valence-electron chi connectivity index (χ1n) is 11.1. The van der Waals surface area contributed by atoms with Crippen molar-refractivity contribution < 1.29 is 14.0 Å². The van der Waals surface area contributed by atoms with E-state index in [1.165, 1.54) is 0 Å². The highest BCUT2D eigenvalue weighted by Gasteiger charge is 2.64. The van der Waals surface area contributed by atoms with Gasteiger partial charge in [-0.3, -0.25) is 9.59 Å². The van der Waals surface area contributed by atoms with E-state index in [1.54, 1.807) is 13.0 Å². The maximum atomic E-state index is 13.2. The van der Waals surface area contributed by atoms with Crippen LogP contribution in [0.3, 0.4) is 0 Å². The van der Waals surface area contributed by atoms with E-state index in [2.05, 4.69) is 52.6 Å². The average Bonchev–Trinajstić information content (AvgIpc) is 3.12. The van der Waals surface area contributed by atoms with Crippen LogP contribution >= 0.6 is 0 Å². The number of carbonyl (C=O) groups is 2. The third kappa shape index (κ3) is 3.06. The molecule has 1 aliphatic carbocycles. The summed E-state index contributed by atoms with van der Waals surface area (Å²) in [5.74, 6) is 0.0818. The minimum Gasteiger partial charge on any atom is -0.411 e. The molecule has 0 saturated carbocycles. The van der Waals surface area contributed by atoms with E-state index in [1.807, 2.05) is 28.0 Å². The molecule has 31 heavy (non-hydrogen) atoms. The van der Waals surface area contributed by atoms with Crippen LogP contribution in [0.15, 0.2) is 48.7 Å². The Hall–Kier alpha value is -2.18. The van der Waals surface area contributed by atoms with Gasteiger partial charge in [-0.05, 0) is 36.2 Å². The van der Waals surface area contributed by atoms with Crippen LogP contribution in [-0.2, 0) is 19.4 Å². The Morgan fingerprint density at radius 1 is 1.32 bits per heavy atom. The molecule has 0 bridgehead atoms. The third-order valence-electron chi connectivity index (χ3n) is 7.71. The molecule has 166 valence electrons. The Labute approximate surface area is 186 Å².